The van der Waals surface area contributed by atoms with Crippen molar-refractivity contribution in [3.63, 3.8) is 0 Å². The maximum absolute atomic E-state index is 12.5. The van der Waals surface area contributed by atoms with Crippen molar-refractivity contribution in [2.24, 2.45) is 0 Å². The van der Waals surface area contributed by atoms with Crippen molar-refractivity contribution in [3.8, 4) is 11.5 Å². The number of ether oxygens (including phenoxy) is 2. The highest BCUT2D eigenvalue weighted by molar-refractivity contribution is 5.90. The zero-order valence-corrected chi connectivity index (χ0v) is 17.4. The Balaban J connectivity index is 1.70. The SMILES string of the molecule is CCN(CCC(=O)Nc1ccccc1)Cc1nc2cc(OC)c(OC)cc2c(=O)[nH]1. The van der Waals surface area contributed by atoms with Crippen molar-refractivity contribution in [1.29, 1.82) is 0 Å². The molecule has 0 radical (unpaired) electrons. The van der Waals surface area contributed by atoms with Gasteiger partial charge in [-0.05, 0) is 24.7 Å². The van der Waals surface area contributed by atoms with E-state index in [1.54, 1.807) is 12.1 Å². The van der Waals surface area contributed by atoms with Crippen molar-refractivity contribution in [2.45, 2.75) is 19.9 Å². The van der Waals surface area contributed by atoms with Crippen LogP contribution in [0.5, 0.6) is 11.5 Å². The Labute approximate surface area is 174 Å². The van der Waals surface area contributed by atoms with Crippen molar-refractivity contribution in [1.82, 2.24) is 14.9 Å². The van der Waals surface area contributed by atoms with Gasteiger partial charge in [-0.25, -0.2) is 4.98 Å². The lowest BCUT2D eigenvalue weighted by molar-refractivity contribution is -0.116. The summed E-state index contributed by atoms with van der Waals surface area (Å²) in [6.07, 6.45) is 0.339. The topological polar surface area (TPSA) is 96.6 Å². The van der Waals surface area contributed by atoms with Crippen molar-refractivity contribution in [3.05, 3.63) is 58.6 Å². The number of nitrogens with zero attached hydrogens (tertiary/aromatic N) is 2. The van der Waals surface area contributed by atoms with Gasteiger partial charge in [-0.15, -0.1) is 0 Å². The van der Waals surface area contributed by atoms with Crippen molar-refractivity contribution < 1.29 is 14.3 Å². The molecule has 2 N–H and O–H groups in total. The summed E-state index contributed by atoms with van der Waals surface area (Å²) < 4.78 is 10.6. The Hall–Kier alpha value is -3.39. The number of fused-ring (bicyclic) bond motifs is 1. The molecule has 30 heavy (non-hydrogen) atoms. The second kappa shape index (κ2) is 9.89. The van der Waals surface area contributed by atoms with Gasteiger partial charge in [0.1, 0.15) is 5.82 Å². The molecule has 0 saturated carbocycles. The molecular formula is C22H26N4O4. The summed E-state index contributed by atoms with van der Waals surface area (Å²) in [5, 5.41) is 3.31. The molecule has 0 fully saturated rings. The van der Waals surface area contributed by atoms with Crippen LogP contribution in [0.1, 0.15) is 19.2 Å². The molecule has 1 amide bonds. The number of methoxy groups -OCH3 is 2. The van der Waals surface area contributed by atoms with E-state index in [1.165, 1.54) is 14.2 Å². The van der Waals surface area contributed by atoms with E-state index in [2.05, 4.69) is 20.2 Å². The van der Waals surface area contributed by atoms with Crippen molar-refractivity contribution >= 4 is 22.5 Å². The Kier molecular flexibility index (Phi) is 7.03. The molecule has 8 nitrogen and oxygen atoms in total. The lowest BCUT2D eigenvalue weighted by Crippen LogP contribution is -2.29. The molecule has 0 unspecified atom stereocenters. The molecular weight excluding hydrogens is 384 g/mol. The Bertz CT molecular complexity index is 1070. The predicted molar refractivity (Wildman–Crippen MR) is 116 cm³/mol. The predicted octanol–water partition coefficient (Wildman–Crippen LogP) is 2.79. The van der Waals surface area contributed by atoms with E-state index in [0.29, 0.717) is 54.3 Å². The molecule has 1 heterocycles. The monoisotopic (exact) mass is 410 g/mol. The molecule has 3 aromatic rings. The molecule has 0 atom stereocenters. The molecule has 0 aliphatic heterocycles. The van der Waals surface area contributed by atoms with Gasteiger partial charge in [-0.3, -0.25) is 14.5 Å². The van der Waals surface area contributed by atoms with Crippen LogP contribution in [0.4, 0.5) is 5.69 Å². The average Bonchev–Trinajstić information content (AvgIpc) is 2.76. The molecule has 0 aliphatic carbocycles. The highest BCUT2D eigenvalue weighted by Crippen LogP contribution is 2.29. The second-order valence-corrected chi connectivity index (χ2v) is 6.77. The summed E-state index contributed by atoms with van der Waals surface area (Å²) in [6, 6.07) is 12.7. The number of carbonyl (C=O) groups is 1. The van der Waals surface area contributed by atoms with Gasteiger partial charge in [0.15, 0.2) is 11.5 Å². The fourth-order valence-electron chi connectivity index (χ4n) is 3.15. The molecule has 1 aromatic heterocycles. The van der Waals surface area contributed by atoms with Crippen molar-refractivity contribution in [2.75, 3.05) is 32.6 Å². The number of rotatable bonds is 9. The maximum Gasteiger partial charge on any atom is 0.258 e. The van der Waals surface area contributed by atoms with Crippen LogP contribution in [-0.2, 0) is 11.3 Å². The van der Waals surface area contributed by atoms with Crippen LogP contribution in [0.2, 0.25) is 0 Å². The van der Waals surface area contributed by atoms with Crippen LogP contribution in [-0.4, -0.2) is 48.1 Å². The number of benzene rings is 2. The first-order valence-corrected chi connectivity index (χ1v) is 9.76. The highest BCUT2D eigenvalue weighted by atomic mass is 16.5. The Morgan fingerprint density at radius 2 is 1.83 bits per heavy atom. The van der Waals surface area contributed by atoms with Crippen LogP contribution in [0.15, 0.2) is 47.3 Å². The fourth-order valence-corrected chi connectivity index (χ4v) is 3.15. The third kappa shape index (κ3) is 5.15. The van der Waals surface area contributed by atoms with Gasteiger partial charge in [0.05, 0.1) is 31.7 Å². The minimum atomic E-state index is -0.242. The van der Waals surface area contributed by atoms with Crippen LogP contribution in [0.3, 0.4) is 0 Å². The van der Waals surface area contributed by atoms with Gasteiger partial charge in [-0.2, -0.15) is 0 Å². The fraction of sp³-hybridized carbons (Fsp3) is 0.318. The number of aromatic nitrogens is 2. The third-order valence-corrected chi connectivity index (χ3v) is 4.79. The lowest BCUT2D eigenvalue weighted by Gasteiger charge is -2.19. The summed E-state index contributed by atoms with van der Waals surface area (Å²) in [6.45, 7) is 3.69. The number of anilines is 1. The van der Waals surface area contributed by atoms with E-state index in [4.69, 9.17) is 9.47 Å². The minimum absolute atomic E-state index is 0.0588. The van der Waals surface area contributed by atoms with Gasteiger partial charge < -0.3 is 19.8 Å². The lowest BCUT2D eigenvalue weighted by atomic mass is 10.2. The normalized spacial score (nSPS) is 10.9. The number of H-pyrrole nitrogens is 1. The van der Waals surface area contributed by atoms with E-state index < -0.39 is 0 Å². The van der Waals surface area contributed by atoms with Crippen LogP contribution in [0, 0.1) is 0 Å². The molecule has 0 bridgehead atoms. The summed E-state index contributed by atoms with van der Waals surface area (Å²) in [7, 11) is 3.06. The first kappa shape index (κ1) is 21.3. The van der Waals surface area contributed by atoms with Gasteiger partial charge in [0.25, 0.3) is 5.56 Å². The number of hydrogen-bond donors (Lipinski definition) is 2. The zero-order chi connectivity index (χ0) is 21.5. The van der Waals surface area contributed by atoms with Gasteiger partial charge in [0.2, 0.25) is 5.91 Å². The average molecular weight is 410 g/mol. The van der Waals surface area contributed by atoms with Crippen LogP contribution < -0.4 is 20.3 Å². The quantitative estimate of drug-likeness (QED) is 0.563. The molecule has 158 valence electrons. The molecule has 2 aromatic carbocycles. The van der Waals surface area contributed by atoms with E-state index >= 15 is 0 Å². The number of para-hydroxylation sites is 1. The molecule has 8 heteroatoms. The van der Waals surface area contributed by atoms with E-state index in [9.17, 15) is 9.59 Å². The van der Waals surface area contributed by atoms with Crippen LogP contribution in [0.25, 0.3) is 10.9 Å². The molecule has 0 aliphatic rings. The third-order valence-electron chi connectivity index (χ3n) is 4.79. The first-order valence-electron chi connectivity index (χ1n) is 9.76. The molecule has 0 saturated heterocycles. The smallest absolute Gasteiger partial charge is 0.258 e. The number of aromatic amines is 1. The summed E-state index contributed by atoms with van der Waals surface area (Å²) in [4.78, 5) is 34.2. The van der Waals surface area contributed by atoms with Gasteiger partial charge >= 0.3 is 0 Å². The van der Waals surface area contributed by atoms with Gasteiger partial charge in [0, 0.05) is 24.7 Å². The largest absolute Gasteiger partial charge is 0.493 e. The van der Waals surface area contributed by atoms with Gasteiger partial charge in [-0.1, -0.05) is 25.1 Å². The van der Waals surface area contributed by atoms with E-state index in [-0.39, 0.29) is 11.5 Å². The first-order chi connectivity index (χ1) is 14.5. The zero-order valence-electron chi connectivity index (χ0n) is 17.4. The Morgan fingerprint density at radius 3 is 2.50 bits per heavy atom. The standard InChI is InChI=1S/C22H26N4O4/c1-4-26(11-10-21(27)23-15-8-6-5-7-9-15)14-20-24-17-13-19(30-3)18(29-2)12-16(17)22(28)25-20/h5-9,12-13H,4,10-11,14H2,1-3H3,(H,23,27)(H,24,25,28). The number of amides is 1. The van der Waals surface area contributed by atoms with Crippen LogP contribution >= 0.6 is 0 Å². The minimum Gasteiger partial charge on any atom is -0.493 e. The molecule has 3 rings (SSSR count). The maximum atomic E-state index is 12.5. The van der Waals surface area contributed by atoms with E-state index in [1.807, 2.05) is 37.3 Å². The summed E-state index contributed by atoms with van der Waals surface area (Å²) in [5.41, 5.74) is 1.06. The Morgan fingerprint density at radius 1 is 1.13 bits per heavy atom. The molecule has 0 spiro atoms. The number of hydrogen-bond acceptors (Lipinski definition) is 6. The number of carbonyl (C=O) groups excluding carboxylic acids is 1. The second-order valence-electron chi connectivity index (χ2n) is 6.77. The highest BCUT2D eigenvalue weighted by Gasteiger charge is 2.13. The number of nitrogens with one attached hydrogen (secondary N) is 2. The van der Waals surface area contributed by atoms with E-state index in [0.717, 1.165) is 5.69 Å². The summed E-state index contributed by atoms with van der Waals surface area (Å²) >= 11 is 0. The summed E-state index contributed by atoms with van der Waals surface area (Å²) in [5.74, 6) is 1.46.